The van der Waals surface area contributed by atoms with E-state index < -0.39 is 12.0 Å². The number of rotatable bonds is 9. The number of aromatic nitrogens is 1. The van der Waals surface area contributed by atoms with E-state index in [0.717, 1.165) is 5.56 Å². The second-order valence-corrected chi connectivity index (χ2v) is 8.77. The minimum Gasteiger partial charge on any atom is -0.490 e. The normalized spacial score (nSPS) is 14.6. The quantitative estimate of drug-likeness (QED) is 0.400. The van der Waals surface area contributed by atoms with Gasteiger partial charge in [-0.05, 0) is 55.3 Å². The fraction of sp³-hybridized carbons (Fsp3) is 0.259. The number of methoxy groups -OCH3 is 1. The Hall–Kier alpha value is -4.36. The molecule has 0 radical (unpaired) electrons. The maximum absolute atomic E-state index is 13.6. The van der Waals surface area contributed by atoms with Gasteiger partial charge < -0.3 is 18.9 Å². The molecule has 9 nitrogen and oxygen atoms in total. The van der Waals surface area contributed by atoms with Crippen molar-refractivity contribution in [2.75, 3.05) is 26.9 Å². The number of carbonyl (C=O) groups excluding carboxylic acids is 1. The Morgan fingerprint density at radius 2 is 1.84 bits per heavy atom. The highest BCUT2D eigenvalue weighted by Crippen LogP contribution is 2.35. The molecule has 1 atom stereocenters. The maximum Gasteiger partial charge on any atom is 0.337 e. The van der Waals surface area contributed by atoms with Crippen molar-refractivity contribution in [2.24, 2.45) is 4.99 Å². The SMILES string of the molecule is CCOc1ccc([C@@H]2C(C(=O)OC)=CN=c3s/c(=C\c4ccc(OCC#N)cc4)c(=O)n32)cc1OCC. The van der Waals surface area contributed by atoms with Crippen molar-refractivity contribution in [3.63, 3.8) is 0 Å². The van der Waals surface area contributed by atoms with E-state index in [4.69, 9.17) is 24.2 Å². The Labute approximate surface area is 217 Å². The first-order valence-corrected chi connectivity index (χ1v) is 12.4. The zero-order valence-corrected chi connectivity index (χ0v) is 21.4. The Balaban J connectivity index is 1.82. The van der Waals surface area contributed by atoms with E-state index in [1.54, 1.807) is 48.5 Å². The molecule has 0 bridgehead atoms. The Kier molecular flexibility index (Phi) is 8.05. The summed E-state index contributed by atoms with van der Waals surface area (Å²) in [4.78, 5) is 31.2. The van der Waals surface area contributed by atoms with Gasteiger partial charge in [-0.3, -0.25) is 9.36 Å². The Morgan fingerprint density at radius 1 is 1.11 bits per heavy atom. The molecule has 0 N–H and O–H groups in total. The highest BCUT2D eigenvalue weighted by molar-refractivity contribution is 7.07. The lowest BCUT2D eigenvalue weighted by Gasteiger charge is -2.23. The van der Waals surface area contributed by atoms with Crippen LogP contribution in [0, 0.1) is 11.3 Å². The summed E-state index contributed by atoms with van der Waals surface area (Å²) in [5.41, 5.74) is 1.37. The van der Waals surface area contributed by atoms with E-state index in [0.29, 0.717) is 45.4 Å². The summed E-state index contributed by atoms with van der Waals surface area (Å²) in [5, 5.41) is 8.67. The molecular weight excluding hydrogens is 494 g/mol. The number of esters is 1. The lowest BCUT2D eigenvalue weighted by molar-refractivity contribution is -0.136. The van der Waals surface area contributed by atoms with Crippen molar-refractivity contribution in [1.82, 2.24) is 4.57 Å². The van der Waals surface area contributed by atoms with Crippen LogP contribution in [0.4, 0.5) is 0 Å². The number of hydrogen-bond donors (Lipinski definition) is 0. The summed E-state index contributed by atoms with van der Waals surface area (Å²) in [6.07, 6.45) is 3.20. The third-order valence-corrected chi connectivity index (χ3v) is 6.49. The van der Waals surface area contributed by atoms with Crippen molar-refractivity contribution < 1.29 is 23.7 Å². The predicted octanol–water partition coefficient (Wildman–Crippen LogP) is 2.72. The summed E-state index contributed by atoms with van der Waals surface area (Å²) in [5.74, 6) is 1.07. The Morgan fingerprint density at radius 3 is 2.51 bits per heavy atom. The molecule has 0 unspecified atom stereocenters. The average molecular weight is 520 g/mol. The van der Waals surface area contributed by atoms with Gasteiger partial charge in [0.15, 0.2) is 22.9 Å². The summed E-state index contributed by atoms with van der Waals surface area (Å²) < 4.78 is 23.7. The molecule has 190 valence electrons. The first kappa shape index (κ1) is 25.7. The number of nitrogens with zero attached hydrogens (tertiary/aromatic N) is 3. The van der Waals surface area contributed by atoms with E-state index in [1.807, 2.05) is 19.9 Å². The van der Waals surface area contributed by atoms with Crippen LogP contribution in [-0.2, 0) is 9.53 Å². The molecule has 2 aromatic carbocycles. The van der Waals surface area contributed by atoms with Gasteiger partial charge in [0.1, 0.15) is 11.8 Å². The van der Waals surface area contributed by atoms with Crippen LogP contribution >= 0.6 is 11.3 Å². The topological polar surface area (TPSA) is 112 Å². The van der Waals surface area contributed by atoms with E-state index in [1.165, 1.54) is 29.2 Å². The fourth-order valence-electron chi connectivity index (χ4n) is 3.91. The smallest absolute Gasteiger partial charge is 0.337 e. The van der Waals surface area contributed by atoms with Crippen molar-refractivity contribution in [3.8, 4) is 23.3 Å². The summed E-state index contributed by atoms with van der Waals surface area (Å²) in [6.45, 7) is 4.59. The zero-order chi connectivity index (χ0) is 26.4. The van der Waals surface area contributed by atoms with Gasteiger partial charge in [-0.25, -0.2) is 9.79 Å². The average Bonchev–Trinajstić information content (AvgIpc) is 3.23. The largest absolute Gasteiger partial charge is 0.490 e. The van der Waals surface area contributed by atoms with Gasteiger partial charge in [0.05, 0.1) is 36.5 Å². The molecule has 1 aromatic heterocycles. The number of ether oxygens (including phenoxy) is 4. The monoisotopic (exact) mass is 519 g/mol. The molecule has 4 rings (SSSR count). The molecule has 0 aliphatic carbocycles. The molecule has 10 heteroatoms. The van der Waals surface area contributed by atoms with Gasteiger partial charge in [0.2, 0.25) is 0 Å². The summed E-state index contributed by atoms with van der Waals surface area (Å²) in [7, 11) is 1.29. The first-order chi connectivity index (χ1) is 18.0. The van der Waals surface area contributed by atoms with Crippen LogP contribution < -0.4 is 29.1 Å². The lowest BCUT2D eigenvalue weighted by atomic mass is 9.97. The van der Waals surface area contributed by atoms with Crippen LogP contribution in [0.15, 0.2) is 64.0 Å². The minimum atomic E-state index is -0.762. The van der Waals surface area contributed by atoms with Gasteiger partial charge in [0, 0.05) is 6.20 Å². The predicted molar refractivity (Wildman–Crippen MR) is 137 cm³/mol. The third kappa shape index (κ3) is 5.42. The second-order valence-electron chi connectivity index (χ2n) is 7.76. The molecule has 1 aliphatic rings. The first-order valence-electron chi connectivity index (χ1n) is 11.6. The molecule has 2 heterocycles. The van der Waals surface area contributed by atoms with Crippen LogP contribution in [0.3, 0.4) is 0 Å². The number of hydrogen-bond acceptors (Lipinski definition) is 9. The number of nitriles is 1. The van der Waals surface area contributed by atoms with Gasteiger partial charge in [0.25, 0.3) is 5.56 Å². The van der Waals surface area contributed by atoms with Crippen molar-refractivity contribution >= 4 is 23.4 Å². The number of fused-ring (bicyclic) bond motifs is 1. The van der Waals surface area contributed by atoms with Gasteiger partial charge in [-0.2, -0.15) is 5.26 Å². The molecule has 1 aliphatic heterocycles. The number of thiazole rings is 1. The minimum absolute atomic E-state index is 0.0446. The number of carbonyl (C=O) groups is 1. The fourth-order valence-corrected chi connectivity index (χ4v) is 4.88. The molecule has 37 heavy (non-hydrogen) atoms. The molecular formula is C27H25N3O6S. The van der Waals surface area contributed by atoms with Crippen molar-refractivity contribution in [2.45, 2.75) is 19.9 Å². The van der Waals surface area contributed by atoms with Crippen LogP contribution in [0.2, 0.25) is 0 Å². The highest BCUT2D eigenvalue weighted by atomic mass is 32.1. The second kappa shape index (κ2) is 11.6. The third-order valence-electron chi connectivity index (χ3n) is 5.49. The van der Waals surface area contributed by atoms with Crippen LogP contribution in [0.5, 0.6) is 17.2 Å². The highest BCUT2D eigenvalue weighted by Gasteiger charge is 2.31. The zero-order valence-electron chi connectivity index (χ0n) is 20.6. The standard InChI is InChI=1S/C27H25N3O6S/c1-4-34-21-11-8-18(15-22(21)35-5-2)24-20(26(32)33-3)16-29-27-30(24)25(31)23(37-27)14-17-6-9-19(10-7-17)36-13-12-28/h6-11,14-16,24H,4-5,13H2,1-3H3/b23-14-/t24-/m1/s1. The van der Waals surface area contributed by atoms with Crippen molar-refractivity contribution in [3.05, 3.63) is 85.1 Å². The van der Waals surface area contributed by atoms with E-state index in [9.17, 15) is 9.59 Å². The van der Waals surface area contributed by atoms with Gasteiger partial charge in [-0.15, -0.1) is 0 Å². The van der Waals surface area contributed by atoms with E-state index in [-0.39, 0.29) is 17.7 Å². The van der Waals surface area contributed by atoms with Gasteiger partial charge in [-0.1, -0.05) is 29.5 Å². The summed E-state index contributed by atoms with van der Waals surface area (Å²) in [6, 6.07) is 13.6. The van der Waals surface area contributed by atoms with Crippen LogP contribution in [0.25, 0.3) is 6.08 Å². The molecule has 0 saturated heterocycles. The van der Waals surface area contributed by atoms with Crippen LogP contribution in [0.1, 0.15) is 31.0 Å². The molecule has 0 spiro atoms. The molecule has 3 aromatic rings. The molecule has 0 saturated carbocycles. The van der Waals surface area contributed by atoms with E-state index in [2.05, 4.69) is 4.99 Å². The lowest BCUT2D eigenvalue weighted by Crippen LogP contribution is -2.39. The maximum atomic E-state index is 13.6. The molecule has 0 amide bonds. The van der Waals surface area contributed by atoms with Gasteiger partial charge >= 0.3 is 5.97 Å². The van der Waals surface area contributed by atoms with Crippen molar-refractivity contribution in [1.29, 1.82) is 5.26 Å². The summed E-state index contributed by atoms with van der Waals surface area (Å²) >= 11 is 1.22. The van der Waals surface area contributed by atoms with E-state index >= 15 is 0 Å². The van der Waals surface area contributed by atoms with Crippen LogP contribution in [-0.4, -0.2) is 37.5 Å². The molecule has 0 fully saturated rings. The number of benzene rings is 2. The Bertz CT molecular complexity index is 1550.